The zero-order valence-electron chi connectivity index (χ0n) is 55.2. The number of rotatable bonds is 8. The van der Waals surface area contributed by atoms with Gasteiger partial charge in [0.05, 0.1) is 9.60 Å². The van der Waals surface area contributed by atoms with Gasteiger partial charge in [-0.3, -0.25) is 0 Å². The number of pyridine rings is 1. The number of anilines is 4. The molecule has 8 aromatic carbocycles. The molecule has 0 saturated carbocycles. The van der Waals surface area contributed by atoms with Crippen molar-refractivity contribution in [2.45, 2.75) is 130 Å². The van der Waals surface area contributed by atoms with Crippen LogP contribution in [0.1, 0.15) is 140 Å². The molecule has 12 rings (SSSR count). The second-order valence-corrected chi connectivity index (χ2v) is 26.0. The number of ether oxygens (including phenoxy) is 1. The predicted molar refractivity (Wildman–Crippen MR) is 332 cm³/mol. The Morgan fingerprint density at radius 1 is 0.550 bits per heavy atom. The van der Waals surface area contributed by atoms with Gasteiger partial charge in [0.15, 0.2) is 0 Å². The van der Waals surface area contributed by atoms with Crippen LogP contribution in [0.4, 0.5) is 22.7 Å². The maximum absolute atomic E-state index is 10.5. The zero-order chi connectivity index (χ0) is 61.5. The van der Waals surface area contributed by atoms with Gasteiger partial charge >= 0.3 is 0 Å². The fraction of sp³-hybridized carbons (Fsp3) is 0.270. The molecule has 0 saturated heterocycles. The summed E-state index contributed by atoms with van der Waals surface area (Å²) in [5, 5.41) is 0.949. The van der Waals surface area contributed by atoms with E-state index in [0.717, 1.165) is 80.0 Å². The van der Waals surface area contributed by atoms with Gasteiger partial charge in [-0.1, -0.05) is 186 Å². The van der Waals surface area contributed by atoms with E-state index in [0.29, 0.717) is 62.0 Å². The Kier molecular flexibility index (Phi) is 11.7. The van der Waals surface area contributed by atoms with Gasteiger partial charge in [0.2, 0.25) is 0 Å². The molecule has 10 aromatic rings. The minimum Gasteiger partial charge on any atom is -0.509 e. The number of benzene rings is 8. The van der Waals surface area contributed by atoms with Gasteiger partial charge in [-0.15, -0.1) is 48.1 Å². The number of para-hydroxylation sites is 3. The summed E-state index contributed by atoms with van der Waals surface area (Å²) in [6, 6.07) is 49.9. The molecule has 0 amide bonds. The Morgan fingerprint density at radius 3 is 1.89 bits per heavy atom. The number of aromatic nitrogens is 2. The molecule has 0 N–H and O–H groups in total. The Morgan fingerprint density at radius 2 is 1.18 bits per heavy atom. The summed E-state index contributed by atoms with van der Waals surface area (Å²) in [4.78, 5) is 9.06. The standard InChI is InChI=1S/C74H73N4O.Pt/c1-70(2,3)52-34-37-75-68(44-52)78-64-27-18-17-26-58(64)59-32-31-57(46-67(59)78)79-56-25-21-24-55(45-56)76-47-77(66-29-20-19-28-65(66)76)69-60(49-30-33-62-63(41-49)74(12,13)36-35-73(62,10)11)42-54(72(7,8)9)43-61(69)51-38-50(48-22-15-14-16-23-48)39-53(40-51)71(4,5)6;/h14-34,37-44,47H,35-36H2,1-13H3;/q-3;/i17D,18D,26D,27D,30D,33D,41D;. The first-order valence-corrected chi connectivity index (χ1v) is 27.7. The van der Waals surface area contributed by atoms with Gasteiger partial charge in [0.25, 0.3) is 0 Å². The number of hydrogen-bond acceptors (Lipinski definition) is 4. The normalized spacial score (nSPS) is 16.2. The number of fused-ring (bicyclic) bond motifs is 5. The Labute approximate surface area is 499 Å². The van der Waals surface area contributed by atoms with E-state index in [-0.39, 0.29) is 73.6 Å². The molecular formula is C74H73N4OPt-3. The molecule has 5 nitrogen and oxygen atoms in total. The van der Waals surface area contributed by atoms with Crippen LogP contribution in [-0.2, 0) is 48.1 Å². The third kappa shape index (κ3) is 9.99. The van der Waals surface area contributed by atoms with E-state index in [1.54, 1.807) is 16.8 Å². The molecule has 2 aliphatic rings. The minimum absolute atomic E-state index is 0. The Hall–Kier alpha value is -7.20. The van der Waals surface area contributed by atoms with E-state index in [9.17, 15) is 4.11 Å². The first kappa shape index (κ1) is 46.5. The van der Waals surface area contributed by atoms with Crippen molar-refractivity contribution >= 4 is 44.6 Å². The maximum atomic E-state index is 10.5. The second-order valence-electron chi connectivity index (χ2n) is 26.0. The van der Waals surface area contributed by atoms with Gasteiger partial charge < -0.3 is 19.1 Å². The molecule has 1 aliphatic carbocycles. The van der Waals surface area contributed by atoms with Crippen molar-refractivity contribution in [2.24, 2.45) is 0 Å². The quantitative estimate of drug-likeness (QED) is 0.142. The van der Waals surface area contributed by atoms with E-state index < -0.39 is 10.8 Å². The van der Waals surface area contributed by atoms with Gasteiger partial charge in [0, 0.05) is 72.5 Å². The molecule has 2 aromatic heterocycles. The molecule has 0 bridgehead atoms. The summed E-state index contributed by atoms with van der Waals surface area (Å²) in [5.41, 5.74) is 12.3. The summed E-state index contributed by atoms with van der Waals surface area (Å²) in [5.74, 6) is 1.23. The second kappa shape index (κ2) is 20.1. The molecular weight excluding hydrogens is 1160 g/mol. The van der Waals surface area contributed by atoms with E-state index in [1.165, 1.54) is 0 Å². The zero-order valence-corrected chi connectivity index (χ0v) is 50.5. The van der Waals surface area contributed by atoms with Gasteiger partial charge in [-0.25, -0.2) is 4.98 Å². The summed E-state index contributed by atoms with van der Waals surface area (Å²) in [7, 11) is 0. The van der Waals surface area contributed by atoms with Gasteiger partial charge in [-0.2, -0.15) is 12.1 Å². The van der Waals surface area contributed by atoms with E-state index in [4.69, 9.17) is 15.2 Å². The van der Waals surface area contributed by atoms with Crippen molar-refractivity contribution in [1.29, 1.82) is 0 Å². The largest absolute Gasteiger partial charge is 0.509 e. The molecule has 0 fully saturated rings. The van der Waals surface area contributed by atoms with E-state index >= 15 is 0 Å². The smallest absolute Gasteiger partial charge is 0.135 e. The topological polar surface area (TPSA) is 33.5 Å². The average molecular weight is 1240 g/mol. The van der Waals surface area contributed by atoms with E-state index in [2.05, 4.69) is 185 Å². The summed E-state index contributed by atoms with van der Waals surface area (Å²) < 4.78 is 74.7. The van der Waals surface area contributed by atoms with Crippen molar-refractivity contribution < 1.29 is 35.4 Å². The van der Waals surface area contributed by atoms with Crippen molar-refractivity contribution in [3.05, 3.63) is 223 Å². The average Bonchev–Trinajstić information content (AvgIpc) is 1.68. The number of nitrogens with zero attached hydrogens (tertiary/aromatic N) is 4. The first-order valence-electron chi connectivity index (χ1n) is 31.2. The number of hydrogen-bond donors (Lipinski definition) is 0. The van der Waals surface area contributed by atoms with Crippen LogP contribution in [0.25, 0.3) is 61.0 Å². The fourth-order valence-electron chi connectivity index (χ4n) is 11.3. The van der Waals surface area contributed by atoms with Gasteiger partial charge in [0.1, 0.15) is 5.82 Å². The van der Waals surface area contributed by atoms with Crippen LogP contribution < -0.4 is 14.5 Å². The van der Waals surface area contributed by atoms with Crippen molar-refractivity contribution in [1.82, 2.24) is 9.55 Å². The van der Waals surface area contributed by atoms with Crippen LogP contribution >= 0.6 is 0 Å². The molecule has 408 valence electrons. The van der Waals surface area contributed by atoms with Crippen molar-refractivity contribution in [3.63, 3.8) is 0 Å². The molecule has 1 aliphatic heterocycles. The van der Waals surface area contributed by atoms with Crippen LogP contribution in [0.5, 0.6) is 11.5 Å². The molecule has 3 heterocycles. The fourth-order valence-corrected chi connectivity index (χ4v) is 11.3. The van der Waals surface area contributed by atoms with Crippen LogP contribution in [0.3, 0.4) is 0 Å². The third-order valence-corrected chi connectivity index (χ3v) is 16.2. The van der Waals surface area contributed by atoms with Crippen LogP contribution in [0, 0.1) is 18.8 Å². The third-order valence-electron chi connectivity index (χ3n) is 16.2. The minimum atomic E-state index is -0.421. The molecule has 6 heteroatoms. The summed E-state index contributed by atoms with van der Waals surface area (Å²) >= 11 is 0. The molecule has 80 heavy (non-hydrogen) atoms. The molecule has 0 unspecified atom stereocenters. The predicted octanol–water partition coefficient (Wildman–Crippen LogP) is 20.2. The SMILES string of the molecule is [2H]c1c([2H])c2c(c([2H])c1-c1cc(C(C)(C)C)cc(-c3cc(-c4ccccc4)cc(C(C)(C)C)c3)c1N1[CH-]N(c3[c-]c(Oc4[c-]c5c(cc4)c4c([2H])c([2H])c([2H])c([2H])c4n5-c4cc(C(C)(C)C)ccn4)ccc3)c3ccccc31)C(C)(C)CCC2(C)C.[Pt]. The Bertz CT molecular complexity index is 4420. The van der Waals surface area contributed by atoms with Crippen LogP contribution in [0.2, 0.25) is 0 Å². The summed E-state index contributed by atoms with van der Waals surface area (Å²) in [6.07, 6.45) is 3.43. The van der Waals surface area contributed by atoms with Crippen molar-refractivity contribution in [3.8, 4) is 50.7 Å². The van der Waals surface area contributed by atoms with Crippen molar-refractivity contribution in [2.75, 3.05) is 9.80 Å². The van der Waals surface area contributed by atoms with E-state index in [1.807, 2.05) is 54.6 Å². The first-order chi connectivity index (χ1) is 40.4. The monoisotopic (exact) mass is 1240 g/mol. The van der Waals surface area contributed by atoms with Crippen LogP contribution in [0.15, 0.2) is 176 Å². The Balaban J connectivity index is 0.00000784. The molecule has 0 spiro atoms. The molecule has 0 atom stereocenters. The molecule has 0 radical (unpaired) electrons. The van der Waals surface area contributed by atoms with Crippen LogP contribution in [-0.4, -0.2) is 9.55 Å². The van der Waals surface area contributed by atoms with Gasteiger partial charge in [-0.05, 0) is 144 Å². The maximum Gasteiger partial charge on any atom is 0.135 e. The summed E-state index contributed by atoms with van der Waals surface area (Å²) in [6.45, 7) is 30.5.